The van der Waals surface area contributed by atoms with Crippen molar-refractivity contribution in [3.05, 3.63) is 11.8 Å². The number of anilines is 1. The number of carbonyl (C=O) groups excluding carboxylic acids is 1. The van der Waals surface area contributed by atoms with Crippen LogP contribution in [0.4, 0.5) is 5.82 Å². The molecular weight excluding hydrogens is 236 g/mol. The normalized spacial score (nSPS) is 11.3. The Balaban J connectivity index is 2.95. The lowest BCUT2D eigenvalue weighted by molar-refractivity contribution is -0.136. The minimum atomic E-state index is -0.957. The molecule has 0 spiro atoms. The van der Waals surface area contributed by atoms with Gasteiger partial charge in [0.1, 0.15) is 5.76 Å². The number of carbonyl (C=O) groups is 2. The Morgan fingerprint density at radius 1 is 1.44 bits per heavy atom. The summed E-state index contributed by atoms with van der Waals surface area (Å²) in [5.41, 5.74) is -0.606. The molecule has 0 atom stereocenters. The molecule has 0 bridgehead atoms. The topological polar surface area (TPSA) is 83.6 Å². The number of carboxylic acid groups (broad SMARTS) is 1. The molecule has 0 radical (unpaired) electrons. The van der Waals surface area contributed by atoms with Crippen LogP contribution in [-0.2, 0) is 9.59 Å². The SMILES string of the molecule is Cc1cc(N(CCC(=O)O)C(=O)C(C)(C)C)no1. The lowest BCUT2D eigenvalue weighted by atomic mass is 9.94. The van der Waals surface area contributed by atoms with E-state index < -0.39 is 11.4 Å². The van der Waals surface area contributed by atoms with Crippen LogP contribution in [0.1, 0.15) is 33.0 Å². The zero-order valence-electron chi connectivity index (χ0n) is 11.1. The van der Waals surface area contributed by atoms with Crippen molar-refractivity contribution in [2.75, 3.05) is 11.4 Å². The quantitative estimate of drug-likeness (QED) is 0.886. The predicted molar refractivity (Wildman–Crippen MR) is 65.3 cm³/mol. The fraction of sp³-hybridized carbons (Fsp3) is 0.583. The minimum Gasteiger partial charge on any atom is -0.481 e. The number of aliphatic carboxylic acids is 1. The van der Waals surface area contributed by atoms with Crippen molar-refractivity contribution in [2.24, 2.45) is 5.41 Å². The summed E-state index contributed by atoms with van der Waals surface area (Å²) in [5, 5.41) is 12.5. The molecule has 1 aromatic heterocycles. The zero-order chi connectivity index (χ0) is 13.9. The predicted octanol–water partition coefficient (Wildman–Crippen LogP) is 1.84. The van der Waals surface area contributed by atoms with Crippen LogP contribution in [0.15, 0.2) is 10.6 Å². The van der Waals surface area contributed by atoms with Gasteiger partial charge in [-0.25, -0.2) is 0 Å². The molecule has 0 saturated carbocycles. The maximum atomic E-state index is 12.2. The van der Waals surface area contributed by atoms with Gasteiger partial charge in [-0.1, -0.05) is 25.9 Å². The van der Waals surface area contributed by atoms with E-state index in [0.29, 0.717) is 11.6 Å². The highest BCUT2D eigenvalue weighted by Gasteiger charge is 2.30. The molecule has 0 aliphatic rings. The van der Waals surface area contributed by atoms with Crippen LogP contribution in [0.3, 0.4) is 0 Å². The van der Waals surface area contributed by atoms with Gasteiger partial charge in [-0.15, -0.1) is 0 Å². The lowest BCUT2D eigenvalue weighted by Gasteiger charge is -2.26. The first-order valence-corrected chi connectivity index (χ1v) is 5.69. The highest BCUT2D eigenvalue weighted by atomic mass is 16.5. The Morgan fingerprint density at radius 2 is 2.06 bits per heavy atom. The van der Waals surface area contributed by atoms with Gasteiger partial charge >= 0.3 is 5.97 Å². The third kappa shape index (κ3) is 3.58. The van der Waals surface area contributed by atoms with Crippen LogP contribution in [0, 0.1) is 12.3 Å². The maximum Gasteiger partial charge on any atom is 0.305 e. The van der Waals surface area contributed by atoms with E-state index in [4.69, 9.17) is 9.63 Å². The van der Waals surface area contributed by atoms with Gasteiger partial charge < -0.3 is 9.63 Å². The standard InChI is InChI=1S/C12H18N2O4/c1-8-7-9(13-18-8)14(6-5-10(15)16)11(17)12(2,3)4/h7H,5-6H2,1-4H3,(H,15,16). The lowest BCUT2D eigenvalue weighted by Crippen LogP contribution is -2.41. The molecule has 1 aromatic rings. The van der Waals surface area contributed by atoms with Crippen LogP contribution in [0.25, 0.3) is 0 Å². The van der Waals surface area contributed by atoms with Crippen molar-refractivity contribution >= 4 is 17.7 Å². The molecule has 6 nitrogen and oxygen atoms in total. The monoisotopic (exact) mass is 254 g/mol. The molecule has 0 saturated heterocycles. The van der Waals surface area contributed by atoms with Gasteiger partial charge in [0.05, 0.1) is 6.42 Å². The summed E-state index contributed by atoms with van der Waals surface area (Å²) in [5.74, 6) is -0.209. The Morgan fingerprint density at radius 3 is 2.44 bits per heavy atom. The van der Waals surface area contributed by atoms with Crippen LogP contribution >= 0.6 is 0 Å². The van der Waals surface area contributed by atoms with Gasteiger partial charge in [0, 0.05) is 18.0 Å². The number of hydrogen-bond acceptors (Lipinski definition) is 4. The highest BCUT2D eigenvalue weighted by molar-refractivity contribution is 5.96. The van der Waals surface area contributed by atoms with Gasteiger partial charge in [-0.2, -0.15) is 0 Å². The average Bonchev–Trinajstić information content (AvgIpc) is 2.63. The molecule has 1 heterocycles. The van der Waals surface area contributed by atoms with Crippen molar-refractivity contribution in [1.82, 2.24) is 5.16 Å². The maximum absolute atomic E-state index is 12.2. The first-order valence-electron chi connectivity index (χ1n) is 5.69. The number of rotatable bonds is 4. The average molecular weight is 254 g/mol. The van der Waals surface area contributed by atoms with Crippen LogP contribution in [0.5, 0.6) is 0 Å². The number of aromatic nitrogens is 1. The third-order valence-corrected chi connectivity index (χ3v) is 2.33. The summed E-state index contributed by atoms with van der Waals surface area (Å²) in [4.78, 5) is 24.2. The molecule has 0 aromatic carbocycles. The van der Waals surface area contributed by atoms with Crippen molar-refractivity contribution in [2.45, 2.75) is 34.1 Å². The van der Waals surface area contributed by atoms with Crippen LogP contribution in [-0.4, -0.2) is 28.7 Å². The van der Waals surface area contributed by atoms with Crippen molar-refractivity contribution < 1.29 is 19.2 Å². The van der Waals surface area contributed by atoms with Gasteiger partial charge in [0.15, 0.2) is 5.82 Å². The molecule has 0 fully saturated rings. The first-order chi connectivity index (χ1) is 8.21. The van der Waals surface area contributed by atoms with Crippen molar-refractivity contribution in [1.29, 1.82) is 0 Å². The van der Waals surface area contributed by atoms with E-state index in [1.807, 2.05) is 0 Å². The second kappa shape index (κ2) is 5.20. The highest BCUT2D eigenvalue weighted by Crippen LogP contribution is 2.23. The number of carboxylic acids is 1. The molecule has 0 unspecified atom stereocenters. The summed E-state index contributed by atoms with van der Waals surface area (Å²) >= 11 is 0. The van der Waals surface area contributed by atoms with Crippen molar-refractivity contribution in [3.8, 4) is 0 Å². The molecule has 18 heavy (non-hydrogen) atoms. The Bertz CT molecular complexity index is 445. The van der Waals surface area contributed by atoms with E-state index in [1.54, 1.807) is 33.8 Å². The fourth-order valence-electron chi connectivity index (χ4n) is 1.41. The second-order valence-electron chi connectivity index (χ2n) is 5.15. The summed E-state index contributed by atoms with van der Waals surface area (Å²) in [6, 6.07) is 1.62. The molecule has 0 aliphatic heterocycles. The minimum absolute atomic E-state index is 0.0808. The van der Waals surface area contributed by atoms with Crippen LogP contribution in [0.2, 0.25) is 0 Å². The van der Waals surface area contributed by atoms with Gasteiger partial charge in [0.25, 0.3) is 0 Å². The molecule has 1 rings (SSSR count). The number of hydrogen-bond donors (Lipinski definition) is 1. The van der Waals surface area contributed by atoms with E-state index in [9.17, 15) is 9.59 Å². The Labute approximate surface area is 106 Å². The van der Waals surface area contributed by atoms with Gasteiger partial charge in [0.2, 0.25) is 5.91 Å². The summed E-state index contributed by atoms with van der Waals surface area (Å²) in [6.45, 7) is 7.12. The van der Waals surface area contributed by atoms with Crippen LogP contribution < -0.4 is 4.90 Å². The summed E-state index contributed by atoms with van der Waals surface area (Å²) in [7, 11) is 0. The number of nitrogens with zero attached hydrogens (tertiary/aromatic N) is 2. The van der Waals surface area contributed by atoms with E-state index in [2.05, 4.69) is 5.16 Å². The molecule has 100 valence electrons. The first kappa shape index (κ1) is 14.2. The van der Waals surface area contributed by atoms with E-state index >= 15 is 0 Å². The molecule has 0 aliphatic carbocycles. The largest absolute Gasteiger partial charge is 0.481 e. The van der Waals surface area contributed by atoms with E-state index in [0.717, 1.165) is 0 Å². The van der Waals surface area contributed by atoms with E-state index in [-0.39, 0.29) is 18.9 Å². The summed E-state index contributed by atoms with van der Waals surface area (Å²) in [6.07, 6.45) is -0.131. The zero-order valence-corrected chi connectivity index (χ0v) is 11.1. The fourth-order valence-corrected chi connectivity index (χ4v) is 1.41. The second-order valence-corrected chi connectivity index (χ2v) is 5.15. The third-order valence-electron chi connectivity index (χ3n) is 2.33. The summed E-state index contributed by atoms with van der Waals surface area (Å²) < 4.78 is 4.92. The van der Waals surface area contributed by atoms with Gasteiger partial charge in [-0.3, -0.25) is 14.5 Å². The van der Waals surface area contributed by atoms with Crippen molar-refractivity contribution in [3.63, 3.8) is 0 Å². The van der Waals surface area contributed by atoms with Gasteiger partial charge in [-0.05, 0) is 6.92 Å². The smallest absolute Gasteiger partial charge is 0.305 e. The molecular formula is C12H18N2O4. The molecule has 1 amide bonds. The molecule has 1 N–H and O–H groups in total. The number of amides is 1. The Hall–Kier alpha value is -1.85. The Kier molecular flexibility index (Phi) is 4.11. The number of aryl methyl sites for hydroxylation is 1. The molecule has 6 heteroatoms. The van der Waals surface area contributed by atoms with E-state index in [1.165, 1.54) is 4.90 Å².